The van der Waals surface area contributed by atoms with Crippen LogP contribution in [-0.4, -0.2) is 6.04 Å². The predicted molar refractivity (Wildman–Crippen MR) is 72.4 cm³/mol. The lowest BCUT2D eigenvalue weighted by Gasteiger charge is -2.28. The quantitative estimate of drug-likeness (QED) is 0.894. The van der Waals surface area contributed by atoms with Crippen molar-refractivity contribution < 1.29 is 0 Å². The third-order valence-corrected chi connectivity index (χ3v) is 4.21. The molecule has 0 heterocycles. The van der Waals surface area contributed by atoms with E-state index < -0.39 is 0 Å². The topological polar surface area (TPSA) is 26.0 Å². The van der Waals surface area contributed by atoms with Crippen LogP contribution in [0.25, 0.3) is 0 Å². The summed E-state index contributed by atoms with van der Waals surface area (Å²) in [5, 5.41) is 0. The highest BCUT2D eigenvalue weighted by molar-refractivity contribution is 9.10. The average molecular weight is 282 g/mol. The summed E-state index contributed by atoms with van der Waals surface area (Å²) in [6.45, 7) is 0. The number of benzene rings is 1. The molecule has 2 heteroatoms. The molecule has 0 radical (unpaired) electrons. The van der Waals surface area contributed by atoms with Crippen molar-refractivity contribution in [2.45, 2.75) is 44.6 Å². The minimum atomic E-state index is 0.448. The first kappa shape index (κ1) is 12.1. The van der Waals surface area contributed by atoms with E-state index in [1.165, 1.54) is 44.1 Å². The van der Waals surface area contributed by atoms with Gasteiger partial charge in [0.05, 0.1) is 0 Å². The van der Waals surface area contributed by atoms with Crippen molar-refractivity contribution in [3.05, 3.63) is 34.3 Å². The highest BCUT2D eigenvalue weighted by atomic mass is 79.9. The molecule has 1 nitrogen and oxygen atoms in total. The second-order valence-corrected chi connectivity index (χ2v) is 5.79. The zero-order chi connectivity index (χ0) is 11.4. The summed E-state index contributed by atoms with van der Waals surface area (Å²) in [5.74, 6) is 0.748. The van der Waals surface area contributed by atoms with Crippen molar-refractivity contribution in [1.29, 1.82) is 0 Å². The first-order valence-electron chi connectivity index (χ1n) is 6.26. The molecule has 0 aliphatic heterocycles. The minimum Gasteiger partial charge on any atom is -0.327 e. The van der Waals surface area contributed by atoms with Crippen LogP contribution in [0.1, 0.15) is 37.7 Å². The molecule has 1 aromatic carbocycles. The van der Waals surface area contributed by atoms with Crippen molar-refractivity contribution in [1.82, 2.24) is 0 Å². The first-order valence-corrected chi connectivity index (χ1v) is 7.05. The second-order valence-electron chi connectivity index (χ2n) is 4.87. The molecule has 1 aromatic rings. The minimum absolute atomic E-state index is 0.448. The summed E-state index contributed by atoms with van der Waals surface area (Å²) in [4.78, 5) is 0. The van der Waals surface area contributed by atoms with Gasteiger partial charge in [-0.25, -0.2) is 0 Å². The molecule has 0 saturated heterocycles. The third-order valence-electron chi connectivity index (χ3n) is 3.68. The van der Waals surface area contributed by atoms with Crippen molar-refractivity contribution in [2.75, 3.05) is 0 Å². The maximum absolute atomic E-state index is 6.16. The molecule has 0 amide bonds. The van der Waals surface area contributed by atoms with E-state index in [-0.39, 0.29) is 0 Å². The summed E-state index contributed by atoms with van der Waals surface area (Å²) in [6, 6.07) is 9.10. The Morgan fingerprint density at radius 3 is 2.50 bits per heavy atom. The van der Waals surface area contributed by atoms with Gasteiger partial charge in [-0.3, -0.25) is 0 Å². The number of hydrogen-bond donors (Lipinski definition) is 1. The molecule has 1 aliphatic carbocycles. The van der Waals surface area contributed by atoms with Crippen LogP contribution in [0.3, 0.4) is 0 Å². The summed E-state index contributed by atoms with van der Waals surface area (Å²) in [5.41, 5.74) is 7.59. The largest absolute Gasteiger partial charge is 0.327 e. The van der Waals surface area contributed by atoms with Gasteiger partial charge < -0.3 is 5.73 Å². The van der Waals surface area contributed by atoms with Crippen LogP contribution in [-0.2, 0) is 6.42 Å². The van der Waals surface area contributed by atoms with Gasteiger partial charge in [0.25, 0.3) is 0 Å². The van der Waals surface area contributed by atoms with Gasteiger partial charge in [-0.05, 0) is 49.3 Å². The SMILES string of the molecule is NC1CCCCC1CCc1ccc(Br)cc1. The molecule has 1 fully saturated rings. The number of hydrogen-bond acceptors (Lipinski definition) is 1. The summed E-state index contributed by atoms with van der Waals surface area (Å²) in [7, 11) is 0. The fraction of sp³-hybridized carbons (Fsp3) is 0.571. The van der Waals surface area contributed by atoms with Crippen LogP contribution in [0.5, 0.6) is 0 Å². The van der Waals surface area contributed by atoms with Crippen molar-refractivity contribution in [2.24, 2.45) is 11.7 Å². The van der Waals surface area contributed by atoms with Gasteiger partial charge in [-0.15, -0.1) is 0 Å². The van der Waals surface area contributed by atoms with Gasteiger partial charge in [-0.1, -0.05) is 40.9 Å². The predicted octanol–water partition coefficient (Wildman–Crippen LogP) is 3.90. The summed E-state index contributed by atoms with van der Waals surface area (Å²) in [6.07, 6.45) is 7.69. The van der Waals surface area contributed by atoms with E-state index in [1.807, 2.05) is 0 Å². The average Bonchev–Trinajstić information content (AvgIpc) is 2.30. The van der Waals surface area contributed by atoms with Crippen LogP contribution in [0.2, 0.25) is 0 Å². The third kappa shape index (κ3) is 3.33. The molecule has 0 aromatic heterocycles. The Labute approximate surface area is 107 Å². The molecule has 88 valence electrons. The van der Waals surface area contributed by atoms with Gasteiger partial charge in [0.15, 0.2) is 0 Å². The molecule has 0 bridgehead atoms. The zero-order valence-corrected chi connectivity index (χ0v) is 11.2. The first-order chi connectivity index (χ1) is 7.75. The van der Waals surface area contributed by atoms with E-state index in [1.54, 1.807) is 0 Å². The van der Waals surface area contributed by atoms with Gasteiger partial charge in [0, 0.05) is 10.5 Å². The van der Waals surface area contributed by atoms with E-state index in [0.29, 0.717) is 6.04 Å². The number of nitrogens with two attached hydrogens (primary N) is 1. The van der Waals surface area contributed by atoms with Crippen LogP contribution >= 0.6 is 15.9 Å². The molecular weight excluding hydrogens is 262 g/mol. The van der Waals surface area contributed by atoms with Gasteiger partial charge in [0.1, 0.15) is 0 Å². The lowest BCUT2D eigenvalue weighted by Crippen LogP contribution is -2.33. The maximum Gasteiger partial charge on any atom is 0.0175 e. The monoisotopic (exact) mass is 281 g/mol. The Hall–Kier alpha value is -0.340. The van der Waals surface area contributed by atoms with Crippen LogP contribution in [0, 0.1) is 5.92 Å². The molecule has 2 rings (SSSR count). The molecule has 0 spiro atoms. The fourth-order valence-electron chi connectivity index (χ4n) is 2.60. The van der Waals surface area contributed by atoms with E-state index in [2.05, 4.69) is 40.2 Å². The van der Waals surface area contributed by atoms with E-state index in [4.69, 9.17) is 5.73 Å². The number of halogens is 1. The Balaban J connectivity index is 1.84. The molecule has 2 unspecified atom stereocenters. The lowest BCUT2D eigenvalue weighted by molar-refractivity contribution is 0.292. The molecule has 1 aliphatic rings. The van der Waals surface area contributed by atoms with Gasteiger partial charge >= 0.3 is 0 Å². The van der Waals surface area contributed by atoms with Crippen molar-refractivity contribution >= 4 is 15.9 Å². The molecule has 2 N–H and O–H groups in total. The van der Waals surface area contributed by atoms with Crippen LogP contribution in [0.4, 0.5) is 0 Å². The zero-order valence-electron chi connectivity index (χ0n) is 9.66. The maximum atomic E-state index is 6.16. The van der Waals surface area contributed by atoms with Gasteiger partial charge in [-0.2, -0.15) is 0 Å². The normalized spacial score (nSPS) is 25.6. The smallest absolute Gasteiger partial charge is 0.0175 e. The van der Waals surface area contributed by atoms with Gasteiger partial charge in [0.2, 0.25) is 0 Å². The number of aryl methyl sites for hydroxylation is 1. The lowest BCUT2D eigenvalue weighted by atomic mass is 9.81. The van der Waals surface area contributed by atoms with E-state index in [0.717, 1.165) is 10.4 Å². The Kier molecular flexibility index (Phi) is 4.42. The highest BCUT2D eigenvalue weighted by Gasteiger charge is 2.21. The number of rotatable bonds is 3. The molecule has 2 atom stereocenters. The summed E-state index contributed by atoms with van der Waals surface area (Å²) < 4.78 is 1.16. The highest BCUT2D eigenvalue weighted by Crippen LogP contribution is 2.27. The Morgan fingerprint density at radius 1 is 1.12 bits per heavy atom. The van der Waals surface area contributed by atoms with Crippen molar-refractivity contribution in [3.63, 3.8) is 0 Å². The standard InChI is InChI=1S/C14H20BrN/c15-13-9-6-11(7-10-13)5-8-12-3-1-2-4-14(12)16/h6-7,9-10,12,14H,1-5,8,16H2. The van der Waals surface area contributed by atoms with E-state index >= 15 is 0 Å². The fourth-order valence-corrected chi connectivity index (χ4v) is 2.86. The molecule has 16 heavy (non-hydrogen) atoms. The van der Waals surface area contributed by atoms with Crippen molar-refractivity contribution in [3.8, 4) is 0 Å². The van der Waals surface area contributed by atoms with Crippen LogP contribution in [0.15, 0.2) is 28.7 Å². The molecular formula is C14H20BrN. The Bertz CT molecular complexity index is 320. The molecule has 1 saturated carbocycles. The Morgan fingerprint density at radius 2 is 1.81 bits per heavy atom. The second kappa shape index (κ2) is 5.83. The summed E-state index contributed by atoms with van der Waals surface area (Å²) >= 11 is 3.46. The van der Waals surface area contributed by atoms with E-state index in [9.17, 15) is 0 Å². The van der Waals surface area contributed by atoms with Crippen LogP contribution < -0.4 is 5.73 Å².